The van der Waals surface area contributed by atoms with Crippen molar-refractivity contribution in [1.82, 2.24) is 4.90 Å². The minimum atomic E-state index is 0.445. The van der Waals surface area contributed by atoms with Crippen molar-refractivity contribution in [3.8, 4) is 0 Å². The molecule has 3 heteroatoms. The van der Waals surface area contributed by atoms with E-state index in [1.165, 1.54) is 32.2 Å². The minimum absolute atomic E-state index is 0.445. The van der Waals surface area contributed by atoms with Crippen molar-refractivity contribution >= 4 is 0 Å². The molecule has 3 aliphatic carbocycles. The van der Waals surface area contributed by atoms with Gasteiger partial charge in [-0.05, 0) is 49.9 Å². The highest BCUT2D eigenvalue weighted by Crippen LogP contribution is 2.44. The van der Waals surface area contributed by atoms with E-state index < -0.39 is 0 Å². The van der Waals surface area contributed by atoms with E-state index in [9.17, 15) is 0 Å². The number of hydrogen-bond acceptors (Lipinski definition) is 3. The topological polar surface area (TPSA) is 21.7 Å². The third-order valence-electron chi connectivity index (χ3n) is 6.10. The van der Waals surface area contributed by atoms with Crippen LogP contribution < -0.4 is 0 Å². The second kappa shape index (κ2) is 5.43. The molecule has 3 nitrogen and oxygen atoms in total. The first-order valence-corrected chi connectivity index (χ1v) is 8.40. The van der Waals surface area contributed by atoms with Gasteiger partial charge < -0.3 is 9.47 Å². The molecule has 0 radical (unpaired) electrons. The highest BCUT2D eigenvalue weighted by molar-refractivity contribution is 5.10. The average molecular weight is 277 g/mol. The van der Waals surface area contributed by atoms with Gasteiger partial charge in [0.15, 0.2) is 0 Å². The molecule has 0 aromatic heterocycles. The lowest BCUT2D eigenvalue weighted by molar-refractivity contribution is -0.117. The monoisotopic (exact) mass is 277 g/mol. The maximum atomic E-state index is 6.02. The maximum Gasteiger partial charge on any atom is 0.0732 e. The van der Waals surface area contributed by atoms with Crippen LogP contribution in [0.4, 0.5) is 0 Å². The molecule has 4 aliphatic rings. The summed E-state index contributed by atoms with van der Waals surface area (Å²) in [6, 6.07) is 0.602. The van der Waals surface area contributed by atoms with E-state index in [1.807, 2.05) is 7.11 Å². The van der Waals surface area contributed by atoms with Gasteiger partial charge in [-0.2, -0.15) is 0 Å². The molecule has 1 heterocycles. The van der Waals surface area contributed by atoms with E-state index in [4.69, 9.17) is 9.47 Å². The number of methoxy groups -OCH3 is 1. The number of morpholine rings is 1. The summed E-state index contributed by atoms with van der Waals surface area (Å²) < 4.78 is 11.6. The van der Waals surface area contributed by atoms with Crippen molar-refractivity contribution < 1.29 is 9.47 Å². The van der Waals surface area contributed by atoms with Gasteiger partial charge in [-0.15, -0.1) is 0 Å². The molecule has 6 atom stereocenters. The zero-order valence-electron chi connectivity index (χ0n) is 12.5. The van der Waals surface area contributed by atoms with Gasteiger partial charge in [0.05, 0.1) is 18.8 Å². The molecule has 0 amide bonds. The van der Waals surface area contributed by atoms with Crippen LogP contribution in [0.25, 0.3) is 0 Å². The fourth-order valence-corrected chi connectivity index (χ4v) is 4.99. The van der Waals surface area contributed by atoms with E-state index in [0.717, 1.165) is 37.3 Å². The average Bonchev–Trinajstić information content (AvgIpc) is 3.10. The third kappa shape index (κ3) is 2.34. The first kappa shape index (κ1) is 13.3. The Morgan fingerprint density at radius 2 is 2.15 bits per heavy atom. The van der Waals surface area contributed by atoms with Crippen molar-refractivity contribution in [3.63, 3.8) is 0 Å². The molecule has 20 heavy (non-hydrogen) atoms. The third-order valence-corrected chi connectivity index (χ3v) is 6.10. The number of nitrogens with zero attached hydrogens (tertiary/aromatic N) is 1. The highest BCUT2D eigenvalue weighted by Gasteiger charge is 2.41. The van der Waals surface area contributed by atoms with Crippen LogP contribution in [0.15, 0.2) is 12.2 Å². The van der Waals surface area contributed by atoms with Gasteiger partial charge in [0.2, 0.25) is 0 Å². The summed E-state index contributed by atoms with van der Waals surface area (Å²) in [5, 5.41) is 0. The van der Waals surface area contributed by atoms with E-state index in [-0.39, 0.29) is 0 Å². The lowest BCUT2D eigenvalue weighted by atomic mass is 9.86. The van der Waals surface area contributed by atoms with Crippen molar-refractivity contribution in [1.29, 1.82) is 0 Å². The molecule has 1 saturated heterocycles. The van der Waals surface area contributed by atoms with Gasteiger partial charge in [0.1, 0.15) is 0 Å². The SMILES string of the molecule is CO[C@@H]1CC[C@@H]2OCCN(C[C@H]3C[C@H]4C=C[C@H]3C4)[C@@H]2C1. The van der Waals surface area contributed by atoms with Crippen molar-refractivity contribution in [2.75, 3.05) is 26.8 Å². The first-order chi connectivity index (χ1) is 9.83. The Morgan fingerprint density at radius 1 is 1.20 bits per heavy atom. The second-order valence-electron chi connectivity index (χ2n) is 7.18. The fourth-order valence-electron chi connectivity index (χ4n) is 4.99. The summed E-state index contributed by atoms with van der Waals surface area (Å²) in [6.07, 6.45) is 12.2. The van der Waals surface area contributed by atoms with Gasteiger partial charge in [-0.3, -0.25) is 4.90 Å². The molecule has 0 N–H and O–H groups in total. The van der Waals surface area contributed by atoms with Crippen LogP contribution in [-0.2, 0) is 9.47 Å². The molecule has 0 unspecified atom stereocenters. The van der Waals surface area contributed by atoms with Gasteiger partial charge in [-0.25, -0.2) is 0 Å². The summed E-state index contributed by atoms with van der Waals surface area (Å²) in [5.74, 6) is 2.65. The largest absolute Gasteiger partial charge is 0.381 e. The van der Waals surface area contributed by atoms with Gasteiger partial charge in [0.25, 0.3) is 0 Å². The number of fused-ring (bicyclic) bond motifs is 3. The van der Waals surface area contributed by atoms with Gasteiger partial charge in [0, 0.05) is 26.2 Å². The Kier molecular flexibility index (Phi) is 3.61. The number of rotatable bonds is 3. The molecule has 3 fully saturated rings. The van der Waals surface area contributed by atoms with Crippen molar-refractivity contribution in [3.05, 3.63) is 12.2 Å². The predicted octanol–water partition coefficient (Wildman–Crippen LogP) is 2.47. The lowest BCUT2D eigenvalue weighted by Gasteiger charge is -2.46. The molecule has 0 spiro atoms. The zero-order chi connectivity index (χ0) is 13.5. The summed E-state index contributed by atoms with van der Waals surface area (Å²) in [5.41, 5.74) is 0. The molecule has 112 valence electrons. The molecule has 2 saturated carbocycles. The standard InChI is InChI=1S/C17H27NO2/c1-19-15-4-5-17-16(10-15)18(6-7-20-17)11-14-9-12-2-3-13(14)8-12/h2-3,12-17H,4-11H2,1H3/t12-,13-,14+,15+,16+,17-/m0/s1. The Bertz CT molecular complexity index is 383. The smallest absolute Gasteiger partial charge is 0.0732 e. The van der Waals surface area contributed by atoms with Crippen LogP contribution in [0.5, 0.6) is 0 Å². The van der Waals surface area contributed by atoms with Crippen LogP contribution in [0.3, 0.4) is 0 Å². The van der Waals surface area contributed by atoms with Gasteiger partial charge >= 0.3 is 0 Å². The zero-order valence-corrected chi connectivity index (χ0v) is 12.5. The Labute approximate surface area is 122 Å². The molecule has 0 aromatic carbocycles. The maximum absolute atomic E-state index is 6.02. The van der Waals surface area contributed by atoms with Crippen LogP contribution in [0.1, 0.15) is 32.1 Å². The normalized spacial score (nSPS) is 47.6. The van der Waals surface area contributed by atoms with Crippen LogP contribution in [0.2, 0.25) is 0 Å². The van der Waals surface area contributed by atoms with Crippen LogP contribution >= 0.6 is 0 Å². The molecule has 0 aromatic rings. The van der Waals surface area contributed by atoms with Crippen LogP contribution in [0, 0.1) is 17.8 Å². The van der Waals surface area contributed by atoms with Gasteiger partial charge in [-0.1, -0.05) is 12.2 Å². The lowest BCUT2D eigenvalue weighted by Crippen LogP contribution is -2.56. The molecule has 4 rings (SSSR count). The highest BCUT2D eigenvalue weighted by atomic mass is 16.5. The summed E-state index contributed by atoms with van der Waals surface area (Å²) in [7, 11) is 1.86. The molecular weight excluding hydrogens is 250 g/mol. The number of ether oxygens (including phenoxy) is 2. The van der Waals surface area contributed by atoms with E-state index >= 15 is 0 Å². The van der Waals surface area contributed by atoms with E-state index in [0.29, 0.717) is 18.2 Å². The minimum Gasteiger partial charge on any atom is -0.381 e. The Morgan fingerprint density at radius 3 is 2.90 bits per heavy atom. The molecule has 2 bridgehead atoms. The summed E-state index contributed by atoms with van der Waals surface area (Å²) >= 11 is 0. The van der Waals surface area contributed by atoms with Crippen LogP contribution in [-0.4, -0.2) is 50.0 Å². The van der Waals surface area contributed by atoms with E-state index in [1.54, 1.807) is 0 Å². The van der Waals surface area contributed by atoms with E-state index in [2.05, 4.69) is 17.1 Å². The molecular formula is C17H27NO2. The molecule has 1 aliphatic heterocycles. The second-order valence-corrected chi connectivity index (χ2v) is 7.18. The van der Waals surface area contributed by atoms with Crippen molar-refractivity contribution in [2.24, 2.45) is 17.8 Å². The first-order valence-electron chi connectivity index (χ1n) is 8.40. The number of hydrogen-bond donors (Lipinski definition) is 0. The Balaban J connectivity index is 1.42. The number of allylic oxidation sites excluding steroid dienone is 2. The Hall–Kier alpha value is -0.380. The quantitative estimate of drug-likeness (QED) is 0.740. The fraction of sp³-hybridized carbons (Fsp3) is 0.882. The predicted molar refractivity (Wildman–Crippen MR) is 78.6 cm³/mol. The van der Waals surface area contributed by atoms with Crippen molar-refractivity contribution in [2.45, 2.75) is 50.4 Å². The summed E-state index contributed by atoms with van der Waals surface area (Å²) in [4.78, 5) is 2.73. The summed E-state index contributed by atoms with van der Waals surface area (Å²) in [6.45, 7) is 3.33.